The van der Waals surface area contributed by atoms with Gasteiger partial charge in [-0.1, -0.05) is 0 Å². The minimum atomic E-state index is -0.514. The molecule has 1 N–H and O–H groups in total. The SMILES string of the molecule is CC1(O)CC2(CN(C(=O)OC(C)(C)C)C2)C1. The van der Waals surface area contributed by atoms with Crippen LogP contribution in [0.3, 0.4) is 0 Å². The van der Waals surface area contributed by atoms with Gasteiger partial charge >= 0.3 is 6.09 Å². The molecule has 4 nitrogen and oxygen atoms in total. The summed E-state index contributed by atoms with van der Waals surface area (Å²) in [6.45, 7) is 8.93. The van der Waals surface area contributed by atoms with Gasteiger partial charge < -0.3 is 14.7 Å². The number of likely N-dealkylation sites (tertiary alicyclic amines) is 1. The number of ether oxygens (including phenoxy) is 1. The van der Waals surface area contributed by atoms with Crippen LogP contribution < -0.4 is 0 Å². The van der Waals surface area contributed by atoms with E-state index in [0.29, 0.717) is 0 Å². The largest absolute Gasteiger partial charge is 0.444 e. The fourth-order valence-electron chi connectivity index (χ4n) is 3.01. The molecule has 0 radical (unpaired) electrons. The smallest absolute Gasteiger partial charge is 0.410 e. The Balaban J connectivity index is 1.79. The van der Waals surface area contributed by atoms with Crippen molar-refractivity contribution in [2.75, 3.05) is 13.1 Å². The van der Waals surface area contributed by atoms with Gasteiger partial charge in [0.15, 0.2) is 0 Å². The number of hydrogen-bond acceptors (Lipinski definition) is 3. The lowest BCUT2D eigenvalue weighted by molar-refractivity contribution is -0.175. The first-order chi connectivity index (χ1) is 7.11. The van der Waals surface area contributed by atoms with Gasteiger partial charge in [0, 0.05) is 18.5 Å². The van der Waals surface area contributed by atoms with Crippen molar-refractivity contribution in [2.24, 2.45) is 5.41 Å². The van der Waals surface area contributed by atoms with Gasteiger partial charge in [-0.2, -0.15) is 0 Å². The van der Waals surface area contributed by atoms with Gasteiger partial charge in [-0.25, -0.2) is 4.79 Å². The Morgan fingerprint density at radius 2 is 1.81 bits per heavy atom. The maximum absolute atomic E-state index is 11.7. The molecule has 2 rings (SSSR count). The van der Waals surface area contributed by atoms with Gasteiger partial charge in [0.2, 0.25) is 0 Å². The van der Waals surface area contributed by atoms with Crippen molar-refractivity contribution in [3.63, 3.8) is 0 Å². The highest BCUT2D eigenvalue weighted by molar-refractivity contribution is 5.69. The summed E-state index contributed by atoms with van der Waals surface area (Å²) in [6, 6.07) is 0. The van der Waals surface area contributed by atoms with Crippen molar-refractivity contribution in [3.8, 4) is 0 Å². The van der Waals surface area contributed by atoms with Crippen LogP contribution in [0.5, 0.6) is 0 Å². The van der Waals surface area contributed by atoms with Gasteiger partial charge in [0.1, 0.15) is 5.60 Å². The van der Waals surface area contributed by atoms with Crippen LogP contribution in [0, 0.1) is 5.41 Å². The van der Waals surface area contributed by atoms with Crippen molar-refractivity contribution >= 4 is 6.09 Å². The van der Waals surface area contributed by atoms with Crippen molar-refractivity contribution < 1.29 is 14.6 Å². The molecule has 92 valence electrons. The second kappa shape index (κ2) is 3.13. The monoisotopic (exact) mass is 227 g/mol. The Morgan fingerprint density at radius 3 is 2.19 bits per heavy atom. The second-order valence-electron chi connectivity index (χ2n) is 6.69. The summed E-state index contributed by atoms with van der Waals surface area (Å²) in [5.41, 5.74) is -0.759. The van der Waals surface area contributed by atoms with Crippen LogP contribution in [0.4, 0.5) is 4.79 Å². The van der Waals surface area contributed by atoms with Crippen LogP contribution in [0.2, 0.25) is 0 Å². The zero-order valence-electron chi connectivity index (χ0n) is 10.5. The summed E-state index contributed by atoms with van der Waals surface area (Å²) in [6.07, 6.45) is 1.38. The molecule has 0 unspecified atom stereocenters. The third-order valence-corrected chi connectivity index (χ3v) is 3.22. The molecule has 1 aliphatic carbocycles. The molecule has 0 aromatic heterocycles. The molecule has 0 aromatic carbocycles. The van der Waals surface area contributed by atoms with Crippen LogP contribution in [0.25, 0.3) is 0 Å². The first-order valence-corrected chi connectivity index (χ1v) is 5.81. The molecule has 2 aliphatic rings. The Morgan fingerprint density at radius 1 is 1.31 bits per heavy atom. The Bertz CT molecular complexity index is 301. The van der Waals surface area contributed by atoms with E-state index >= 15 is 0 Å². The molecule has 0 atom stereocenters. The molecular weight excluding hydrogens is 206 g/mol. The first-order valence-electron chi connectivity index (χ1n) is 5.81. The minimum absolute atomic E-state index is 0.181. The topological polar surface area (TPSA) is 49.8 Å². The average Bonchev–Trinajstić information content (AvgIpc) is 1.90. The lowest BCUT2D eigenvalue weighted by atomic mass is 9.56. The molecule has 0 bridgehead atoms. The van der Waals surface area contributed by atoms with E-state index in [0.717, 1.165) is 25.9 Å². The van der Waals surface area contributed by atoms with E-state index in [1.54, 1.807) is 4.90 Å². The van der Waals surface area contributed by atoms with Gasteiger partial charge in [-0.15, -0.1) is 0 Å². The molecule has 1 amide bonds. The van der Waals surface area contributed by atoms with Crippen LogP contribution in [0.1, 0.15) is 40.5 Å². The highest BCUT2D eigenvalue weighted by Gasteiger charge is 2.58. The number of amides is 1. The molecule has 2 fully saturated rings. The number of carbonyl (C=O) groups is 1. The van der Waals surface area contributed by atoms with Crippen molar-refractivity contribution in [2.45, 2.75) is 51.7 Å². The third-order valence-electron chi connectivity index (χ3n) is 3.22. The van der Waals surface area contributed by atoms with Gasteiger partial charge in [0.25, 0.3) is 0 Å². The molecule has 1 aliphatic heterocycles. The van der Waals surface area contributed by atoms with Crippen molar-refractivity contribution in [3.05, 3.63) is 0 Å². The Kier molecular flexibility index (Phi) is 2.29. The standard InChI is InChI=1S/C12H21NO3/c1-10(2,3)16-9(14)13-7-12(8-13)5-11(4,15)6-12/h15H,5-8H2,1-4H3. The molecule has 1 heterocycles. The molecule has 16 heavy (non-hydrogen) atoms. The zero-order chi connectivity index (χ0) is 12.2. The fourth-order valence-corrected chi connectivity index (χ4v) is 3.01. The molecule has 0 aromatic rings. The Hall–Kier alpha value is -0.770. The summed E-state index contributed by atoms with van der Waals surface area (Å²) in [5, 5.41) is 9.69. The highest BCUT2D eigenvalue weighted by atomic mass is 16.6. The number of nitrogens with zero attached hydrogens (tertiary/aromatic N) is 1. The van der Waals surface area contributed by atoms with E-state index in [1.807, 2.05) is 27.7 Å². The number of hydrogen-bond donors (Lipinski definition) is 1. The van der Waals surface area contributed by atoms with Crippen LogP contribution >= 0.6 is 0 Å². The number of carbonyl (C=O) groups excluding carboxylic acids is 1. The van der Waals surface area contributed by atoms with E-state index in [4.69, 9.17) is 4.74 Å². The summed E-state index contributed by atoms with van der Waals surface area (Å²) in [5.74, 6) is 0. The molecule has 1 saturated carbocycles. The molecule has 1 spiro atoms. The number of rotatable bonds is 0. The second-order valence-corrected chi connectivity index (χ2v) is 6.69. The predicted octanol–water partition coefficient (Wildman–Crippen LogP) is 1.77. The van der Waals surface area contributed by atoms with Crippen molar-refractivity contribution in [1.29, 1.82) is 0 Å². The third kappa shape index (κ3) is 2.17. The van der Waals surface area contributed by atoms with E-state index in [2.05, 4.69) is 0 Å². The van der Waals surface area contributed by atoms with Gasteiger partial charge in [-0.05, 0) is 40.5 Å². The van der Waals surface area contributed by atoms with Crippen LogP contribution in [0.15, 0.2) is 0 Å². The van der Waals surface area contributed by atoms with Crippen molar-refractivity contribution in [1.82, 2.24) is 4.90 Å². The van der Waals surface area contributed by atoms with E-state index < -0.39 is 11.2 Å². The van der Waals surface area contributed by atoms with E-state index in [1.165, 1.54) is 0 Å². The van der Waals surface area contributed by atoms with Gasteiger partial charge in [0.05, 0.1) is 5.60 Å². The molecular formula is C12H21NO3. The van der Waals surface area contributed by atoms with E-state index in [9.17, 15) is 9.90 Å². The van der Waals surface area contributed by atoms with Gasteiger partial charge in [-0.3, -0.25) is 0 Å². The van der Waals surface area contributed by atoms with Crippen LogP contribution in [-0.4, -0.2) is 40.4 Å². The highest BCUT2D eigenvalue weighted by Crippen LogP contribution is 2.53. The summed E-state index contributed by atoms with van der Waals surface area (Å²) >= 11 is 0. The first kappa shape index (κ1) is 11.7. The number of aliphatic hydroxyl groups is 1. The Labute approximate surface area is 96.6 Å². The normalized spacial score (nSPS) is 25.9. The quantitative estimate of drug-likeness (QED) is 0.686. The summed E-state index contributed by atoms with van der Waals surface area (Å²) in [4.78, 5) is 13.4. The minimum Gasteiger partial charge on any atom is -0.444 e. The molecule has 4 heteroatoms. The zero-order valence-corrected chi connectivity index (χ0v) is 10.5. The maximum Gasteiger partial charge on any atom is 0.410 e. The predicted molar refractivity (Wildman–Crippen MR) is 60.1 cm³/mol. The average molecular weight is 227 g/mol. The lowest BCUT2D eigenvalue weighted by Crippen LogP contribution is -2.68. The maximum atomic E-state index is 11.7. The summed E-state index contributed by atoms with van der Waals surface area (Å²) in [7, 11) is 0. The fraction of sp³-hybridized carbons (Fsp3) is 0.917. The van der Waals surface area contributed by atoms with Crippen LogP contribution in [-0.2, 0) is 4.74 Å². The lowest BCUT2D eigenvalue weighted by Gasteiger charge is -2.61. The van der Waals surface area contributed by atoms with E-state index in [-0.39, 0.29) is 11.5 Å². The summed E-state index contributed by atoms with van der Waals surface area (Å²) < 4.78 is 5.28. The molecule has 1 saturated heterocycles.